The van der Waals surface area contributed by atoms with Crippen molar-refractivity contribution in [2.75, 3.05) is 13.7 Å². The Balaban J connectivity index is 0.000000259. The number of ether oxygens (including phenoxy) is 11. The Kier molecular flexibility index (Phi) is 28.2. The minimum Gasteiger partial charge on any atom is -0.550 e. The average molecular weight is 1460 g/mol. The molecule has 0 amide bonds. The van der Waals surface area contributed by atoms with E-state index in [-0.39, 0.29) is 131 Å². The first-order valence-electron chi connectivity index (χ1n) is 39.3. The van der Waals surface area contributed by atoms with Crippen LogP contribution in [0, 0.1) is 82.9 Å². The van der Waals surface area contributed by atoms with Crippen molar-refractivity contribution in [3.63, 3.8) is 0 Å². The molecule has 10 rings (SSSR count). The number of hydrogen-bond acceptors (Lipinski definition) is 21. The van der Waals surface area contributed by atoms with Crippen molar-refractivity contribution in [2.45, 2.75) is 372 Å². The first-order valence-corrected chi connectivity index (χ1v) is 39.3. The predicted octanol–water partition coefficient (Wildman–Crippen LogP) is 6.38. The fraction of sp³-hybridized carbons (Fsp3) is 0.937. The molecule has 0 bridgehead atoms. The molecule has 582 valence electrons. The summed E-state index contributed by atoms with van der Waals surface area (Å²) in [5, 5.41) is 88.0. The van der Waals surface area contributed by atoms with E-state index in [4.69, 9.17) is 52.1 Å². The summed E-state index contributed by atoms with van der Waals surface area (Å²) < 4.78 is 73.0. The number of carboxylic acid groups (broad SMARTS) is 2. The standard InChI is InChI=1S/C43H72O11.C36H62O11.Na/c1-12-30(35(46)27(8)34(45)28(9)36-23(4)21-24(5)37(51-36)31(13-2)39(47)48)38-25(6)22-26(7)42(52-38)18-15-32(44)43(54-42)20-19-40(11,53-43)33-16-17-41(49,14-3)29(10)50-33;1-10-34(31-20(3)16-26(43-31)28-19(2)15-21(4)36(41,18-37)46-28)12-11-27(44-34)33(8)13-14-35(47-33)17-25(38)22(5)30(45-35)23(6)29(42-9)24(7)32(39)40;/h15,18,23-34,36-38,44-45,49H,12-14,16-17,19-22H2,1-11H3,(H,47,48);19-31,37-38,41H,10-18H2,1-9H3,(H,39,40);/q;;+1/p-1/t23-,24-,25-,26+,27-,28-,29-,30-,31+,32+,33+,34+,36+,37+,38-,40-,41+,42-,43-;19-,20-,21+,22+,23-,24?,25-,26+,27+,28-,29+,30-,31+,33-,34-,35+,36-;/m00./s1. The van der Waals surface area contributed by atoms with Crippen LogP contribution in [0.4, 0.5) is 0 Å². The SMILES string of the molecule is CC[C@@H](C(=O)O)[C@@H]1O[C@@H]([C@@H](C)[C@H](O)[C@H](C)C(=O)[C@H](CC)[C@H]2O[C@]3(C=C[C@@H](O)[C@]4(CC[C@@](C)([C@H]5CC[C@](O)(CC)[C@H](C)O5)O4)O3)[C@H](C)C[C@@H]2C)[C@@H](C)C[C@@H]1C.CC[C@@]1([C@@H]2O[C@@H]([C@H]3O[C@@](O)(CO)[C@H](C)C[C@@H]3C)C[C@@H]2C)CC[C@H]([C@]2(C)CC[C@]3(C[C@H](O)[C@@H](C)[C@@H]([C@@H](C)[C@@H](OC)C(C)C(=O)[O-])O3)O2)O1.[Na+]. The molecule has 0 aromatic rings. The van der Waals surface area contributed by atoms with Crippen molar-refractivity contribution >= 4 is 17.7 Å². The Bertz CT molecular complexity index is 2840. The minimum atomic E-state index is -1.57. The molecule has 36 atom stereocenters. The van der Waals surface area contributed by atoms with Crippen LogP contribution in [0.15, 0.2) is 12.2 Å². The van der Waals surface area contributed by atoms with Crippen LogP contribution in [0.3, 0.4) is 0 Å². The van der Waals surface area contributed by atoms with Crippen LogP contribution >= 0.6 is 0 Å². The maximum Gasteiger partial charge on any atom is 1.00 e. The molecule has 10 aliphatic rings. The van der Waals surface area contributed by atoms with E-state index in [2.05, 4.69) is 48.5 Å². The summed E-state index contributed by atoms with van der Waals surface area (Å²) in [6.45, 7) is 37.1. The average Bonchev–Trinajstić information content (AvgIpc) is 1.32. The first-order chi connectivity index (χ1) is 47.2. The second kappa shape index (κ2) is 33.3. The normalized spacial score (nSPS) is 48.3. The van der Waals surface area contributed by atoms with Gasteiger partial charge in [-0.2, -0.15) is 0 Å². The van der Waals surface area contributed by atoms with E-state index in [0.29, 0.717) is 70.6 Å². The molecule has 0 radical (unpaired) electrons. The molecule has 0 aromatic carbocycles. The van der Waals surface area contributed by atoms with E-state index < -0.39 is 136 Å². The molecular weight excluding hydrogens is 1320 g/mol. The van der Waals surface area contributed by atoms with E-state index in [0.717, 1.165) is 38.5 Å². The number of aliphatic hydroxyl groups is 6. The van der Waals surface area contributed by atoms with Crippen molar-refractivity contribution in [1.29, 1.82) is 0 Å². The number of Topliss-reactive ketones (excluding diaryl/α,β-unsaturated/α-hetero) is 1. The number of rotatable bonds is 22. The molecule has 1 unspecified atom stereocenters. The molecule has 10 aliphatic heterocycles. The summed E-state index contributed by atoms with van der Waals surface area (Å²) in [5.74, 6) is -10.8. The van der Waals surface area contributed by atoms with Crippen LogP contribution in [-0.4, -0.2) is 198 Å². The number of aliphatic hydroxyl groups excluding tert-OH is 4. The van der Waals surface area contributed by atoms with Crippen LogP contribution in [0.1, 0.15) is 241 Å². The molecule has 102 heavy (non-hydrogen) atoms. The predicted molar refractivity (Wildman–Crippen MR) is 373 cm³/mol. The summed E-state index contributed by atoms with van der Waals surface area (Å²) in [6, 6.07) is 0. The van der Waals surface area contributed by atoms with Crippen molar-refractivity contribution in [3.05, 3.63) is 12.2 Å². The Hall–Kier alpha value is -1.33. The summed E-state index contributed by atoms with van der Waals surface area (Å²) in [4.78, 5) is 38.3. The first kappa shape index (κ1) is 86.3. The van der Waals surface area contributed by atoms with Gasteiger partial charge in [-0.25, -0.2) is 0 Å². The van der Waals surface area contributed by atoms with Gasteiger partial charge in [0.1, 0.15) is 11.9 Å². The zero-order chi connectivity index (χ0) is 74.8. The van der Waals surface area contributed by atoms with Gasteiger partial charge in [-0.3, -0.25) is 9.59 Å². The number of carbonyl (C=O) groups is 3. The van der Waals surface area contributed by atoms with E-state index in [1.54, 1.807) is 26.0 Å². The van der Waals surface area contributed by atoms with Gasteiger partial charge in [0.15, 0.2) is 17.4 Å². The molecule has 0 saturated carbocycles. The van der Waals surface area contributed by atoms with Crippen molar-refractivity contribution in [2.24, 2.45) is 82.9 Å². The fourth-order valence-electron chi connectivity index (χ4n) is 20.9. The molecule has 10 heterocycles. The van der Waals surface area contributed by atoms with E-state index in [1.165, 1.54) is 7.11 Å². The van der Waals surface area contributed by atoms with Gasteiger partial charge in [-0.15, -0.1) is 0 Å². The Morgan fingerprint density at radius 3 is 1.85 bits per heavy atom. The summed E-state index contributed by atoms with van der Waals surface area (Å²) in [7, 11) is 1.50. The molecule has 9 saturated heterocycles. The van der Waals surface area contributed by atoms with E-state index in [1.807, 2.05) is 69.2 Å². The van der Waals surface area contributed by atoms with Crippen molar-refractivity contribution in [1.82, 2.24) is 0 Å². The Labute approximate surface area is 631 Å². The monoisotopic (exact) mass is 1460 g/mol. The van der Waals surface area contributed by atoms with Gasteiger partial charge < -0.3 is 97.8 Å². The maximum absolute atomic E-state index is 14.5. The number of methoxy groups -OCH3 is 1. The molecule has 7 N–H and O–H groups in total. The molecule has 9 fully saturated rings. The number of hydrogen-bond donors (Lipinski definition) is 7. The van der Waals surface area contributed by atoms with Crippen molar-refractivity contribution in [3.8, 4) is 0 Å². The van der Waals surface area contributed by atoms with Crippen LogP contribution < -0.4 is 34.7 Å². The van der Waals surface area contributed by atoms with Crippen LogP contribution in [0.25, 0.3) is 0 Å². The Morgan fingerprint density at radius 1 is 0.637 bits per heavy atom. The number of ketones is 1. The van der Waals surface area contributed by atoms with Gasteiger partial charge in [0.05, 0.1) is 114 Å². The van der Waals surface area contributed by atoms with Gasteiger partial charge in [-0.1, -0.05) is 111 Å². The van der Waals surface area contributed by atoms with Gasteiger partial charge in [0.2, 0.25) is 5.79 Å². The third-order valence-corrected chi connectivity index (χ3v) is 27.8. The van der Waals surface area contributed by atoms with E-state index >= 15 is 0 Å². The van der Waals surface area contributed by atoms with Crippen LogP contribution in [0.2, 0.25) is 0 Å². The number of carbonyl (C=O) groups excluding carboxylic acids is 2. The second-order valence-electron chi connectivity index (χ2n) is 34.8. The van der Waals surface area contributed by atoms with Gasteiger partial charge in [0.25, 0.3) is 0 Å². The number of aliphatic carboxylic acids is 2. The van der Waals surface area contributed by atoms with Gasteiger partial charge >= 0.3 is 35.5 Å². The topological polar surface area (TPSA) is 317 Å². The fourth-order valence-corrected chi connectivity index (χ4v) is 20.9. The molecule has 23 heteroatoms. The van der Waals surface area contributed by atoms with Crippen molar-refractivity contribution < 1.29 is 137 Å². The minimum absolute atomic E-state index is 0. The zero-order valence-electron chi connectivity index (χ0n) is 65.8. The molecular formula is C79H133NaO22. The Morgan fingerprint density at radius 2 is 1.25 bits per heavy atom. The van der Waals surface area contributed by atoms with Crippen LogP contribution in [-0.2, 0) is 66.5 Å². The third kappa shape index (κ3) is 16.5. The van der Waals surface area contributed by atoms with Gasteiger partial charge in [0, 0.05) is 79.7 Å². The molecule has 3 spiro atoms. The van der Waals surface area contributed by atoms with E-state index in [9.17, 15) is 55.2 Å². The third-order valence-electron chi connectivity index (χ3n) is 27.8. The maximum atomic E-state index is 14.5. The summed E-state index contributed by atoms with van der Waals surface area (Å²) in [5.41, 5.74) is -2.80. The van der Waals surface area contributed by atoms with Crippen LogP contribution in [0.5, 0.6) is 0 Å². The zero-order valence-corrected chi connectivity index (χ0v) is 67.8. The summed E-state index contributed by atoms with van der Waals surface area (Å²) >= 11 is 0. The molecule has 0 aromatic heterocycles. The number of carboxylic acids is 2. The largest absolute Gasteiger partial charge is 1.00 e. The second-order valence-corrected chi connectivity index (χ2v) is 34.8. The van der Waals surface area contributed by atoms with Gasteiger partial charge in [-0.05, 0) is 152 Å². The molecule has 22 nitrogen and oxygen atoms in total. The smallest absolute Gasteiger partial charge is 0.550 e. The summed E-state index contributed by atoms with van der Waals surface area (Å²) in [6.07, 6.45) is 7.56. The molecule has 0 aliphatic carbocycles. The quantitative estimate of drug-likeness (QED) is 0.0457.